The van der Waals surface area contributed by atoms with Gasteiger partial charge in [-0.2, -0.15) is 0 Å². The standard InChI is InChI=1S/C17H22N2O3S/c1-17(2,3)9-4-5-10-11(8-9)23-16-14(10)15(22)18-12(19-16)6-7-13(20)21/h9H,4-8H2,1-3H3,(H,20,21)(H,18,19,22)/t9-/m1/s1. The molecular weight excluding hydrogens is 312 g/mol. The van der Waals surface area contributed by atoms with Crippen molar-refractivity contribution in [3.8, 4) is 0 Å². The van der Waals surface area contributed by atoms with E-state index in [2.05, 4.69) is 30.7 Å². The van der Waals surface area contributed by atoms with Crippen molar-refractivity contribution < 1.29 is 9.90 Å². The first kappa shape index (κ1) is 16.2. The van der Waals surface area contributed by atoms with Gasteiger partial charge in [-0.05, 0) is 36.2 Å². The van der Waals surface area contributed by atoms with Gasteiger partial charge in [-0.15, -0.1) is 11.3 Å². The number of hydrogen-bond donors (Lipinski definition) is 2. The maximum atomic E-state index is 12.4. The van der Waals surface area contributed by atoms with Gasteiger partial charge in [-0.1, -0.05) is 20.8 Å². The third-order valence-electron chi connectivity index (χ3n) is 4.77. The number of carboxylic acids is 1. The molecule has 0 aromatic carbocycles. The van der Waals surface area contributed by atoms with Crippen LogP contribution < -0.4 is 5.56 Å². The van der Waals surface area contributed by atoms with Crippen LogP contribution in [0.25, 0.3) is 10.2 Å². The van der Waals surface area contributed by atoms with Crippen LogP contribution in [0.3, 0.4) is 0 Å². The summed E-state index contributed by atoms with van der Waals surface area (Å²) in [4.78, 5) is 32.4. The number of aromatic amines is 1. The molecule has 3 rings (SSSR count). The summed E-state index contributed by atoms with van der Waals surface area (Å²) >= 11 is 1.60. The van der Waals surface area contributed by atoms with Gasteiger partial charge in [0.25, 0.3) is 5.56 Å². The van der Waals surface area contributed by atoms with Crippen molar-refractivity contribution >= 4 is 27.5 Å². The summed E-state index contributed by atoms with van der Waals surface area (Å²) in [5, 5.41) is 9.50. The van der Waals surface area contributed by atoms with Gasteiger partial charge in [-0.25, -0.2) is 4.98 Å². The molecule has 1 atom stereocenters. The lowest BCUT2D eigenvalue weighted by molar-refractivity contribution is -0.137. The zero-order chi connectivity index (χ0) is 16.8. The highest BCUT2D eigenvalue weighted by Gasteiger charge is 2.31. The Morgan fingerprint density at radius 3 is 2.83 bits per heavy atom. The molecule has 6 heteroatoms. The molecule has 0 saturated carbocycles. The summed E-state index contributed by atoms with van der Waals surface area (Å²) in [6, 6.07) is 0. The van der Waals surface area contributed by atoms with Crippen LogP contribution in [0, 0.1) is 11.3 Å². The number of H-pyrrole nitrogens is 1. The zero-order valence-electron chi connectivity index (χ0n) is 13.7. The van der Waals surface area contributed by atoms with Crippen LogP contribution in [-0.2, 0) is 24.1 Å². The molecule has 0 saturated heterocycles. The molecule has 0 spiro atoms. The van der Waals surface area contributed by atoms with E-state index < -0.39 is 5.97 Å². The Labute approximate surface area is 138 Å². The highest BCUT2D eigenvalue weighted by molar-refractivity contribution is 7.18. The number of aromatic nitrogens is 2. The SMILES string of the molecule is CC(C)(C)[C@@H]1CCc2c(sc3nc(CCC(=O)O)[nH]c(=O)c23)C1. The minimum atomic E-state index is -0.883. The third kappa shape index (κ3) is 3.17. The first-order chi connectivity index (χ1) is 10.8. The lowest BCUT2D eigenvalue weighted by Gasteiger charge is -2.33. The van der Waals surface area contributed by atoms with E-state index in [0.29, 0.717) is 11.7 Å². The van der Waals surface area contributed by atoms with Crippen LogP contribution in [0.2, 0.25) is 0 Å². The Balaban J connectivity index is 1.98. The number of fused-ring (bicyclic) bond motifs is 3. The Morgan fingerprint density at radius 1 is 1.43 bits per heavy atom. The van der Waals surface area contributed by atoms with Crippen LogP contribution in [0.15, 0.2) is 4.79 Å². The number of aliphatic carboxylic acids is 1. The van der Waals surface area contributed by atoms with Gasteiger partial charge in [0.15, 0.2) is 0 Å². The fourth-order valence-electron chi connectivity index (χ4n) is 3.31. The maximum Gasteiger partial charge on any atom is 0.303 e. The molecule has 2 heterocycles. The van der Waals surface area contributed by atoms with E-state index in [0.717, 1.165) is 35.0 Å². The average Bonchev–Trinajstić information content (AvgIpc) is 2.81. The van der Waals surface area contributed by atoms with E-state index in [-0.39, 0.29) is 23.8 Å². The Hall–Kier alpha value is -1.69. The predicted octanol–water partition coefficient (Wildman–Crippen LogP) is 3.15. The molecule has 0 radical (unpaired) electrons. The molecule has 2 aromatic heterocycles. The number of rotatable bonds is 3. The summed E-state index contributed by atoms with van der Waals surface area (Å²) in [6.45, 7) is 6.81. The molecule has 0 bridgehead atoms. The highest BCUT2D eigenvalue weighted by atomic mass is 32.1. The van der Waals surface area contributed by atoms with E-state index in [4.69, 9.17) is 5.11 Å². The number of hydrogen-bond acceptors (Lipinski definition) is 4. The molecular formula is C17H22N2O3S. The molecule has 23 heavy (non-hydrogen) atoms. The summed E-state index contributed by atoms with van der Waals surface area (Å²) in [6.07, 6.45) is 3.27. The Morgan fingerprint density at radius 2 is 2.17 bits per heavy atom. The fourth-order valence-corrected chi connectivity index (χ4v) is 4.63. The van der Waals surface area contributed by atoms with Gasteiger partial charge >= 0.3 is 5.97 Å². The van der Waals surface area contributed by atoms with Crippen molar-refractivity contribution in [1.29, 1.82) is 0 Å². The molecule has 1 aliphatic carbocycles. The molecule has 0 unspecified atom stereocenters. The van der Waals surface area contributed by atoms with Crippen LogP contribution in [0.5, 0.6) is 0 Å². The predicted molar refractivity (Wildman–Crippen MR) is 91.2 cm³/mol. The summed E-state index contributed by atoms with van der Waals surface area (Å²) in [7, 11) is 0. The summed E-state index contributed by atoms with van der Waals surface area (Å²) < 4.78 is 0. The molecule has 0 fully saturated rings. The number of carbonyl (C=O) groups is 1. The lowest BCUT2D eigenvalue weighted by Crippen LogP contribution is -2.26. The van der Waals surface area contributed by atoms with Gasteiger partial charge in [0.1, 0.15) is 10.7 Å². The third-order valence-corrected chi connectivity index (χ3v) is 5.92. The van der Waals surface area contributed by atoms with Gasteiger partial charge in [-0.3, -0.25) is 9.59 Å². The Kier molecular flexibility index (Phi) is 4.04. The monoisotopic (exact) mass is 334 g/mol. The van der Waals surface area contributed by atoms with Crippen molar-refractivity contribution in [1.82, 2.24) is 9.97 Å². The van der Waals surface area contributed by atoms with Gasteiger partial charge in [0.05, 0.1) is 11.8 Å². The molecule has 5 nitrogen and oxygen atoms in total. The van der Waals surface area contributed by atoms with Gasteiger partial charge in [0.2, 0.25) is 0 Å². The van der Waals surface area contributed by atoms with Crippen molar-refractivity contribution in [2.24, 2.45) is 11.3 Å². The van der Waals surface area contributed by atoms with Crippen molar-refractivity contribution in [3.05, 3.63) is 26.6 Å². The van der Waals surface area contributed by atoms with Crippen molar-refractivity contribution in [3.63, 3.8) is 0 Å². The molecule has 2 N–H and O–H groups in total. The lowest BCUT2D eigenvalue weighted by atomic mass is 9.72. The smallest absolute Gasteiger partial charge is 0.303 e. The van der Waals surface area contributed by atoms with Gasteiger partial charge in [0, 0.05) is 11.3 Å². The molecule has 0 amide bonds. The maximum absolute atomic E-state index is 12.4. The number of carboxylic acid groups (broad SMARTS) is 1. The van der Waals surface area contributed by atoms with E-state index >= 15 is 0 Å². The number of nitrogens with zero attached hydrogens (tertiary/aromatic N) is 1. The van der Waals surface area contributed by atoms with Crippen molar-refractivity contribution in [2.45, 2.75) is 52.9 Å². The molecule has 0 aliphatic heterocycles. The summed E-state index contributed by atoms with van der Waals surface area (Å²) in [5.41, 5.74) is 1.30. The topological polar surface area (TPSA) is 83.0 Å². The van der Waals surface area contributed by atoms with Gasteiger partial charge < -0.3 is 10.1 Å². The molecule has 124 valence electrons. The Bertz CT molecular complexity index is 814. The summed E-state index contributed by atoms with van der Waals surface area (Å²) in [5.74, 6) is 0.204. The average molecular weight is 334 g/mol. The molecule has 1 aliphatic rings. The van der Waals surface area contributed by atoms with E-state index in [1.54, 1.807) is 11.3 Å². The molecule has 2 aromatic rings. The van der Waals surface area contributed by atoms with Crippen LogP contribution >= 0.6 is 11.3 Å². The normalized spacial score (nSPS) is 18.1. The number of nitrogens with one attached hydrogen (secondary N) is 1. The number of thiophene rings is 1. The highest BCUT2D eigenvalue weighted by Crippen LogP contribution is 2.41. The minimum absolute atomic E-state index is 0.0222. The van der Waals surface area contributed by atoms with E-state index in [1.165, 1.54) is 4.88 Å². The zero-order valence-corrected chi connectivity index (χ0v) is 14.5. The second-order valence-corrected chi connectivity index (χ2v) is 8.48. The minimum Gasteiger partial charge on any atom is -0.481 e. The fraction of sp³-hybridized carbons (Fsp3) is 0.588. The second kappa shape index (κ2) is 5.74. The van der Waals surface area contributed by atoms with Crippen LogP contribution in [0.4, 0.5) is 0 Å². The second-order valence-electron chi connectivity index (χ2n) is 7.40. The van der Waals surface area contributed by atoms with Crippen LogP contribution in [0.1, 0.15) is 49.9 Å². The first-order valence-corrected chi connectivity index (χ1v) is 8.82. The van der Waals surface area contributed by atoms with E-state index in [1.807, 2.05) is 0 Å². The van der Waals surface area contributed by atoms with Crippen molar-refractivity contribution in [2.75, 3.05) is 0 Å². The van der Waals surface area contributed by atoms with Crippen LogP contribution in [-0.4, -0.2) is 21.0 Å². The number of aryl methyl sites for hydroxylation is 2. The quantitative estimate of drug-likeness (QED) is 0.903. The van der Waals surface area contributed by atoms with E-state index in [9.17, 15) is 9.59 Å². The first-order valence-electron chi connectivity index (χ1n) is 8.01. The largest absolute Gasteiger partial charge is 0.481 e.